The fourth-order valence-electron chi connectivity index (χ4n) is 5.39. The van der Waals surface area contributed by atoms with E-state index in [0.717, 1.165) is 37.9 Å². The summed E-state index contributed by atoms with van der Waals surface area (Å²) in [6, 6.07) is 24.4. The summed E-state index contributed by atoms with van der Waals surface area (Å²) in [7, 11) is -3.49. The van der Waals surface area contributed by atoms with Crippen molar-refractivity contribution in [2.45, 2.75) is 49.6 Å². The lowest BCUT2D eigenvalue weighted by molar-refractivity contribution is 0.399. The summed E-state index contributed by atoms with van der Waals surface area (Å²) in [5, 5.41) is 0. The number of benzene rings is 3. The Morgan fingerprint density at radius 2 is 1.70 bits per heavy atom. The summed E-state index contributed by atoms with van der Waals surface area (Å²) in [5.41, 5.74) is 4.81. The lowest BCUT2D eigenvalue weighted by Gasteiger charge is -2.34. The maximum atomic E-state index is 13.3. The van der Waals surface area contributed by atoms with Gasteiger partial charge >= 0.3 is 0 Å². The molecule has 7 heteroatoms. The molecule has 1 aliphatic heterocycles. The van der Waals surface area contributed by atoms with Crippen LogP contribution in [-0.2, 0) is 29.2 Å². The second-order valence-electron chi connectivity index (χ2n) is 9.88. The van der Waals surface area contributed by atoms with E-state index in [1.807, 2.05) is 12.3 Å². The number of fused-ring (bicyclic) bond motifs is 1. The molecule has 4 aromatic rings. The Morgan fingerprint density at radius 3 is 2.46 bits per heavy atom. The van der Waals surface area contributed by atoms with E-state index < -0.39 is 15.7 Å². The number of aryl methyl sites for hydroxylation is 1. The summed E-state index contributed by atoms with van der Waals surface area (Å²) in [6.45, 7) is 0.719. The van der Waals surface area contributed by atoms with Crippen LogP contribution in [0.25, 0.3) is 0 Å². The number of sulfone groups is 1. The average Bonchev–Trinajstić information content (AvgIpc) is 3.38. The molecule has 0 amide bonds. The Bertz CT molecular complexity index is 1390. The predicted molar refractivity (Wildman–Crippen MR) is 145 cm³/mol. The molecule has 0 saturated heterocycles. The normalized spacial score (nSPS) is 17.8. The minimum atomic E-state index is -3.49. The second kappa shape index (κ2) is 11.3. The Balaban J connectivity index is 1.40. The minimum absolute atomic E-state index is 0.0530. The van der Waals surface area contributed by atoms with Crippen molar-refractivity contribution in [2.24, 2.45) is 5.92 Å². The van der Waals surface area contributed by atoms with Crippen molar-refractivity contribution in [3.05, 3.63) is 114 Å². The average molecular weight is 518 g/mol. The molecule has 1 N–H and O–H groups in total. The van der Waals surface area contributed by atoms with E-state index in [-0.39, 0.29) is 22.6 Å². The molecule has 1 aromatic heterocycles. The quantitative estimate of drug-likeness (QED) is 0.277. The number of aromatic amines is 1. The Hall–Kier alpha value is -3.45. The zero-order valence-electron chi connectivity index (χ0n) is 20.8. The van der Waals surface area contributed by atoms with Gasteiger partial charge in [0, 0.05) is 17.9 Å². The van der Waals surface area contributed by atoms with Crippen molar-refractivity contribution in [3.63, 3.8) is 0 Å². The number of hydrogen-bond donors (Lipinski definition) is 1. The van der Waals surface area contributed by atoms with Gasteiger partial charge in [-0.05, 0) is 79.5 Å². The number of rotatable bonds is 9. The van der Waals surface area contributed by atoms with Crippen molar-refractivity contribution >= 4 is 15.5 Å². The summed E-state index contributed by atoms with van der Waals surface area (Å²) in [4.78, 5) is 10.1. The highest BCUT2D eigenvalue weighted by atomic mass is 32.2. The number of hydrogen-bond acceptors (Lipinski definition) is 4. The molecule has 2 heterocycles. The first-order valence-corrected chi connectivity index (χ1v) is 14.5. The molecule has 37 heavy (non-hydrogen) atoms. The summed E-state index contributed by atoms with van der Waals surface area (Å²) >= 11 is 0. The van der Waals surface area contributed by atoms with E-state index in [1.165, 1.54) is 41.1 Å². The van der Waals surface area contributed by atoms with Crippen LogP contribution in [0.2, 0.25) is 0 Å². The molecular weight excluding hydrogens is 485 g/mol. The van der Waals surface area contributed by atoms with Gasteiger partial charge in [0.25, 0.3) is 0 Å². The highest BCUT2D eigenvalue weighted by Crippen LogP contribution is 2.36. The molecule has 5 rings (SSSR count). The number of nitrogens with zero attached hydrogens (tertiary/aromatic N) is 2. The fourth-order valence-corrected chi connectivity index (χ4v) is 6.82. The molecular formula is C30H32FN3O2S. The van der Waals surface area contributed by atoms with Crippen LogP contribution < -0.4 is 4.90 Å². The molecule has 1 aliphatic rings. The molecule has 0 radical (unpaired) electrons. The van der Waals surface area contributed by atoms with Gasteiger partial charge in [0.15, 0.2) is 9.84 Å². The number of para-hydroxylation sites is 1. The summed E-state index contributed by atoms with van der Waals surface area (Å²) < 4.78 is 39.4. The van der Waals surface area contributed by atoms with E-state index >= 15 is 0 Å². The molecule has 0 fully saturated rings. The highest BCUT2D eigenvalue weighted by Gasteiger charge is 2.30. The number of halogens is 1. The number of aromatic nitrogens is 2. The molecule has 0 bridgehead atoms. The van der Waals surface area contributed by atoms with Crippen LogP contribution in [0.4, 0.5) is 10.1 Å². The third-order valence-corrected chi connectivity index (χ3v) is 9.09. The van der Waals surface area contributed by atoms with E-state index in [9.17, 15) is 12.8 Å². The second-order valence-corrected chi connectivity index (χ2v) is 12.0. The Kier molecular flexibility index (Phi) is 7.70. The smallest absolute Gasteiger partial charge is 0.178 e. The van der Waals surface area contributed by atoms with Gasteiger partial charge in [0.2, 0.25) is 0 Å². The van der Waals surface area contributed by atoms with Crippen molar-refractivity contribution in [2.75, 3.05) is 10.7 Å². The predicted octanol–water partition coefficient (Wildman–Crippen LogP) is 5.98. The number of nitrogens with one attached hydrogen (secondary N) is 1. The maximum Gasteiger partial charge on any atom is 0.178 e. The van der Waals surface area contributed by atoms with Crippen molar-refractivity contribution in [3.8, 4) is 0 Å². The fraction of sp³-hybridized carbons (Fsp3) is 0.300. The minimum Gasteiger partial charge on any atom is -0.362 e. The van der Waals surface area contributed by atoms with E-state index in [1.54, 1.807) is 6.33 Å². The van der Waals surface area contributed by atoms with Crippen molar-refractivity contribution in [1.82, 2.24) is 9.97 Å². The Morgan fingerprint density at radius 1 is 0.946 bits per heavy atom. The van der Waals surface area contributed by atoms with Crippen LogP contribution >= 0.6 is 0 Å². The monoisotopic (exact) mass is 517 g/mol. The molecule has 0 saturated carbocycles. The van der Waals surface area contributed by atoms with Crippen LogP contribution in [0.5, 0.6) is 0 Å². The topological polar surface area (TPSA) is 66.1 Å². The molecule has 0 aliphatic carbocycles. The summed E-state index contributed by atoms with van der Waals surface area (Å²) in [5.74, 6) is -0.168. The molecule has 3 aromatic carbocycles. The zero-order valence-corrected chi connectivity index (χ0v) is 21.6. The highest BCUT2D eigenvalue weighted by molar-refractivity contribution is 7.91. The zero-order chi connectivity index (χ0) is 25.7. The molecule has 2 atom stereocenters. The van der Waals surface area contributed by atoms with Crippen LogP contribution in [0.15, 0.2) is 96.3 Å². The van der Waals surface area contributed by atoms with Gasteiger partial charge in [-0.3, -0.25) is 0 Å². The van der Waals surface area contributed by atoms with E-state index in [2.05, 4.69) is 63.4 Å². The summed E-state index contributed by atoms with van der Waals surface area (Å²) in [6.07, 6.45) is 7.79. The molecule has 192 valence electrons. The van der Waals surface area contributed by atoms with Gasteiger partial charge in [-0.15, -0.1) is 0 Å². The van der Waals surface area contributed by atoms with Crippen molar-refractivity contribution in [1.29, 1.82) is 0 Å². The largest absolute Gasteiger partial charge is 0.362 e. The van der Waals surface area contributed by atoms with Gasteiger partial charge < -0.3 is 9.88 Å². The van der Waals surface area contributed by atoms with Crippen LogP contribution in [0.3, 0.4) is 0 Å². The number of H-pyrrole nitrogens is 1. The lowest BCUT2D eigenvalue weighted by Crippen LogP contribution is -2.36. The van der Waals surface area contributed by atoms with E-state index in [0.29, 0.717) is 6.42 Å². The van der Waals surface area contributed by atoms with Gasteiger partial charge in [0.1, 0.15) is 5.82 Å². The van der Waals surface area contributed by atoms with Crippen LogP contribution in [-0.4, -0.2) is 30.2 Å². The third-order valence-electron chi connectivity index (χ3n) is 7.33. The van der Waals surface area contributed by atoms with Crippen LogP contribution in [0.1, 0.15) is 36.1 Å². The number of anilines is 1. The molecule has 2 unspecified atom stereocenters. The van der Waals surface area contributed by atoms with Gasteiger partial charge in [-0.1, -0.05) is 48.5 Å². The number of imidazole rings is 1. The maximum absolute atomic E-state index is 13.3. The van der Waals surface area contributed by atoms with E-state index in [4.69, 9.17) is 0 Å². The van der Waals surface area contributed by atoms with Gasteiger partial charge in [-0.2, -0.15) is 0 Å². The van der Waals surface area contributed by atoms with Crippen molar-refractivity contribution < 1.29 is 12.8 Å². The van der Waals surface area contributed by atoms with Gasteiger partial charge in [0.05, 0.1) is 29.2 Å². The first kappa shape index (κ1) is 25.2. The third kappa shape index (κ3) is 6.28. The van der Waals surface area contributed by atoms with Gasteiger partial charge in [-0.25, -0.2) is 17.8 Å². The molecule has 5 nitrogen and oxygen atoms in total. The Labute approximate surface area is 218 Å². The lowest BCUT2D eigenvalue weighted by atomic mass is 9.90. The first-order chi connectivity index (χ1) is 18.0. The first-order valence-electron chi connectivity index (χ1n) is 12.8. The standard InChI is InChI=1S/C30H32FN3O2S/c31-26-11-14-29(15-12-26)37(35,36)17-16-24-18-25-8-4-5-9-30(25)34(21-27-20-32-22-33-27)28(19-24)13-10-23-6-2-1-3-7-23/h1-9,11-12,14-15,20,22,24,28H,10,13,16-19,21H2,(H,32,33). The SMILES string of the molecule is O=S(=O)(CCC1Cc2ccccc2N(Cc2cnc[nH]2)C(CCc2ccccc2)C1)c1ccc(F)cc1. The van der Waals surface area contributed by atoms with Crippen LogP contribution in [0, 0.1) is 11.7 Å². The molecule has 0 spiro atoms.